The van der Waals surface area contributed by atoms with Gasteiger partial charge in [0, 0.05) is 16.2 Å². The molecule has 0 aliphatic carbocycles. The lowest BCUT2D eigenvalue weighted by Crippen LogP contribution is -2.40. The van der Waals surface area contributed by atoms with Gasteiger partial charge in [0.1, 0.15) is 7.11 Å². The molecule has 0 fully saturated rings. The summed E-state index contributed by atoms with van der Waals surface area (Å²) >= 11 is 0. The number of pyridine rings is 1. The Bertz CT molecular complexity index is 661. The molecule has 92 valence electrons. The van der Waals surface area contributed by atoms with Crippen molar-refractivity contribution < 1.29 is 9.57 Å². The van der Waals surface area contributed by atoms with Crippen LogP contribution in [0.15, 0.2) is 54.7 Å². The van der Waals surface area contributed by atoms with Crippen LogP contribution in [0.4, 0.5) is 0 Å². The number of nitrogens with zero attached hydrogens (tertiary/aromatic N) is 1. The average molecular weight is 240 g/mol. The molecule has 2 nitrogen and oxygen atoms in total. The number of hydrogen-bond acceptors (Lipinski definition) is 1. The van der Waals surface area contributed by atoms with Crippen molar-refractivity contribution in [2.75, 3.05) is 7.11 Å². The van der Waals surface area contributed by atoms with E-state index in [2.05, 4.69) is 36.4 Å². The Morgan fingerprint density at radius 1 is 0.833 bits per heavy atom. The van der Waals surface area contributed by atoms with Crippen molar-refractivity contribution in [3.8, 4) is 0 Å². The van der Waals surface area contributed by atoms with Crippen LogP contribution < -0.4 is 9.57 Å². The van der Waals surface area contributed by atoms with Crippen molar-refractivity contribution >= 4 is 21.7 Å². The predicted octanol–water partition coefficient (Wildman–Crippen LogP) is 3.37. The largest absolute Gasteiger partial charge is 0.274 e. The quantitative estimate of drug-likeness (QED) is 0.469. The standard InChI is InChI=1S/C14H12NO.C2H6/c1-16-15-10-11-6-2-3-7-12(11)13-8-4-5-9-14(13)15;1-2/h2-10H,1H3;1-2H3/q+1;. The van der Waals surface area contributed by atoms with Crippen LogP contribution in [0.3, 0.4) is 0 Å². The topological polar surface area (TPSA) is 13.1 Å². The van der Waals surface area contributed by atoms with Crippen LogP contribution in [0, 0.1) is 0 Å². The number of aromatic nitrogens is 1. The van der Waals surface area contributed by atoms with E-state index in [1.165, 1.54) is 16.2 Å². The zero-order chi connectivity index (χ0) is 13.0. The second kappa shape index (κ2) is 5.50. The van der Waals surface area contributed by atoms with Crippen molar-refractivity contribution in [3.05, 3.63) is 54.7 Å². The van der Waals surface area contributed by atoms with Crippen LogP contribution in [0.25, 0.3) is 21.7 Å². The van der Waals surface area contributed by atoms with Gasteiger partial charge in [0.15, 0.2) is 0 Å². The normalized spacial score (nSPS) is 9.94. The van der Waals surface area contributed by atoms with Gasteiger partial charge in [-0.15, -0.1) is 0 Å². The molecule has 0 aliphatic heterocycles. The Labute approximate surface area is 107 Å². The molecule has 0 bridgehead atoms. The third kappa shape index (κ3) is 2.02. The number of para-hydroxylation sites is 1. The molecule has 0 unspecified atom stereocenters. The molecular formula is C16H18NO+. The summed E-state index contributed by atoms with van der Waals surface area (Å²) in [7, 11) is 1.68. The maximum atomic E-state index is 5.35. The van der Waals surface area contributed by atoms with E-state index >= 15 is 0 Å². The van der Waals surface area contributed by atoms with Gasteiger partial charge in [0.05, 0.1) is 10.8 Å². The lowest BCUT2D eigenvalue weighted by atomic mass is 10.1. The number of hydrogen-bond donors (Lipinski definition) is 0. The van der Waals surface area contributed by atoms with E-state index < -0.39 is 0 Å². The first-order valence-corrected chi connectivity index (χ1v) is 6.27. The third-order valence-electron chi connectivity index (χ3n) is 2.85. The summed E-state index contributed by atoms with van der Waals surface area (Å²) in [5.41, 5.74) is 1.09. The van der Waals surface area contributed by atoms with Gasteiger partial charge >= 0.3 is 0 Å². The van der Waals surface area contributed by atoms with Crippen LogP contribution in [-0.2, 0) is 0 Å². The van der Waals surface area contributed by atoms with Gasteiger partial charge in [0.25, 0.3) is 5.52 Å². The summed E-state index contributed by atoms with van der Waals surface area (Å²) < 4.78 is 1.80. The maximum absolute atomic E-state index is 5.35. The van der Waals surface area contributed by atoms with Crippen molar-refractivity contribution in [3.63, 3.8) is 0 Å². The van der Waals surface area contributed by atoms with Gasteiger partial charge in [-0.2, -0.15) is 0 Å². The van der Waals surface area contributed by atoms with Gasteiger partial charge in [-0.25, -0.2) is 0 Å². The zero-order valence-corrected chi connectivity index (χ0v) is 11.1. The van der Waals surface area contributed by atoms with Gasteiger partial charge in [-0.1, -0.05) is 44.2 Å². The minimum Gasteiger partial charge on any atom is -0.274 e. The summed E-state index contributed by atoms with van der Waals surface area (Å²) in [6.45, 7) is 4.00. The zero-order valence-electron chi connectivity index (χ0n) is 11.1. The van der Waals surface area contributed by atoms with E-state index in [1.807, 2.05) is 32.2 Å². The van der Waals surface area contributed by atoms with Gasteiger partial charge < -0.3 is 0 Å². The Balaban J connectivity index is 0.000000574. The summed E-state index contributed by atoms with van der Waals surface area (Å²) in [4.78, 5) is 5.35. The van der Waals surface area contributed by atoms with E-state index in [1.54, 1.807) is 11.8 Å². The van der Waals surface area contributed by atoms with Crippen molar-refractivity contribution in [1.82, 2.24) is 0 Å². The first-order chi connectivity index (χ1) is 8.90. The molecular weight excluding hydrogens is 222 g/mol. The molecule has 18 heavy (non-hydrogen) atoms. The fraction of sp³-hybridized carbons (Fsp3) is 0.188. The van der Waals surface area contributed by atoms with Gasteiger partial charge in [-0.3, -0.25) is 4.84 Å². The van der Waals surface area contributed by atoms with E-state index in [0.29, 0.717) is 0 Å². The lowest BCUT2D eigenvalue weighted by molar-refractivity contribution is -0.864. The second-order valence-corrected chi connectivity index (χ2v) is 3.74. The summed E-state index contributed by atoms with van der Waals surface area (Å²) in [6.07, 6.45) is 2.01. The van der Waals surface area contributed by atoms with Crippen LogP contribution in [0.1, 0.15) is 13.8 Å². The highest BCUT2D eigenvalue weighted by Gasteiger charge is 2.12. The smallest absolute Gasteiger partial charge is 0.265 e. The highest BCUT2D eigenvalue weighted by molar-refractivity contribution is 6.03. The SMILES string of the molecule is CC.CO[n+]1cc2ccccc2c2ccccc21. The summed E-state index contributed by atoms with van der Waals surface area (Å²) in [5.74, 6) is 0. The monoisotopic (exact) mass is 240 g/mol. The van der Waals surface area contributed by atoms with Crippen LogP contribution in [0.2, 0.25) is 0 Å². The molecule has 1 heterocycles. The minimum atomic E-state index is 1.09. The molecule has 0 saturated carbocycles. The average Bonchev–Trinajstić information content (AvgIpc) is 2.48. The Kier molecular flexibility index (Phi) is 3.78. The summed E-state index contributed by atoms with van der Waals surface area (Å²) in [5, 5.41) is 3.65. The molecule has 2 heteroatoms. The predicted molar refractivity (Wildman–Crippen MR) is 75.5 cm³/mol. The van der Waals surface area contributed by atoms with Crippen molar-refractivity contribution in [2.45, 2.75) is 13.8 Å². The van der Waals surface area contributed by atoms with E-state index in [9.17, 15) is 0 Å². The van der Waals surface area contributed by atoms with E-state index in [0.717, 1.165) is 5.52 Å². The van der Waals surface area contributed by atoms with Crippen LogP contribution in [-0.4, -0.2) is 7.11 Å². The molecule has 0 N–H and O–H groups in total. The van der Waals surface area contributed by atoms with Gasteiger partial charge in [0.2, 0.25) is 6.20 Å². The molecule has 0 spiro atoms. The molecule has 0 atom stereocenters. The van der Waals surface area contributed by atoms with Crippen LogP contribution in [0.5, 0.6) is 0 Å². The molecule has 0 aliphatic rings. The maximum Gasteiger partial charge on any atom is 0.265 e. The Morgan fingerprint density at radius 3 is 2.17 bits per heavy atom. The first-order valence-electron chi connectivity index (χ1n) is 6.27. The van der Waals surface area contributed by atoms with E-state index in [-0.39, 0.29) is 0 Å². The number of rotatable bonds is 1. The molecule has 1 aromatic heterocycles. The molecule has 0 saturated heterocycles. The fourth-order valence-electron chi connectivity index (χ4n) is 2.10. The summed E-state index contributed by atoms with van der Waals surface area (Å²) in [6, 6.07) is 16.6. The molecule has 3 rings (SSSR count). The Morgan fingerprint density at radius 2 is 1.44 bits per heavy atom. The lowest BCUT2D eigenvalue weighted by Gasteiger charge is -2.01. The highest BCUT2D eigenvalue weighted by atomic mass is 16.6. The Hall–Kier alpha value is -2.09. The molecule has 0 radical (unpaired) electrons. The molecule has 3 aromatic rings. The second-order valence-electron chi connectivity index (χ2n) is 3.74. The number of benzene rings is 2. The van der Waals surface area contributed by atoms with Gasteiger partial charge in [-0.05, 0) is 12.1 Å². The minimum absolute atomic E-state index is 1.09. The fourth-order valence-corrected chi connectivity index (χ4v) is 2.10. The number of fused-ring (bicyclic) bond motifs is 3. The first kappa shape index (κ1) is 12.4. The van der Waals surface area contributed by atoms with Crippen molar-refractivity contribution in [2.24, 2.45) is 0 Å². The highest BCUT2D eigenvalue weighted by Crippen LogP contribution is 2.21. The third-order valence-corrected chi connectivity index (χ3v) is 2.85. The van der Waals surface area contributed by atoms with Crippen LogP contribution >= 0.6 is 0 Å². The molecule has 0 amide bonds. The molecule has 2 aromatic carbocycles. The van der Waals surface area contributed by atoms with Crippen molar-refractivity contribution in [1.29, 1.82) is 0 Å². The van der Waals surface area contributed by atoms with E-state index in [4.69, 9.17) is 4.84 Å².